The molecule has 0 spiro atoms. The molecule has 1 saturated heterocycles. The Hall–Kier alpha value is -1.96. The molecule has 2 aromatic rings. The highest BCUT2D eigenvalue weighted by Gasteiger charge is 2.30. The van der Waals surface area contributed by atoms with Crippen molar-refractivity contribution in [3.05, 3.63) is 48.3 Å². The Morgan fingerprint density at radius 1 is 1.17 bits per heavy atom. The smallest absolute Gasteiger partial charge is 0.175 e. The molecular formula is C22H28FNO4S. The lowest BCUT2D eigenvalue weighted by atomic mass is 9.93. The molecule has 1 heterocycles. The van der Waals surface area contributed by atoms with Crippen LogP contribution in [0.3, 0.4) is 0 Å². The van der Waals surface area contributed by atoms with Crippen LogP contribution in [-0.2, 0) is 9.84 Å². The number of hydrogen-bond donors (Lipinski definition) is 1. The molecule has 0 aliphatic carbocycles. The summed E-state index contributed by atoms with van der Waals surface area (Å²) in [5.74, 6) is -0.131. The Balaban J connectivity index is 1.64. The van der Waals surface area contributed by atoms with Crippen LogP contribution in [0.5, 0.6) is 5.75 Å². The maximum Gasteiger partial charge on any atom is 0.175 e. The minimum atomic E-state index is -3.28. The van der Waals surface area contributed by atoms with Crippen LogP contribution in [0.25, 0.3) is 11.1 Å². The molecule has 0 amide bonds. The van der Waals surface area contributed by atoms with Crippen LogP contribution in [0.4, 0.5) is 4.39 Å². The summed E-state index contributed by atoms with van der Waals surface area (Å²) in [4.78, 5) is 2.43. The van der Waals surface area contributed by atoms with Crippen LogP contribution in [0.2, 0.25) is 0 Å². The summed E-state index contributed by atoms with van der Waals surface area (Å²) in [5, 5.41) is 10.3. The molecule has 1 atom stereocenters. The van der Waals surface area contributed by atoms with Gasteiger partial charge in [-0.15, -0.1) is 0 Å². The predicted molar refractivity (Wildman–Crippen MR) is 111 cm³/mol. The van der Waals surface area contributed by atoms with Crippen LogP contribution in [-0.4, -0.2) is 57.0 Å². The number of β-amino-alcohol motifs (C(OH)–C–C–N with tert-alkyl or cyclic N) is 1. The van der Waals surface area contributed by atoms with E-state index >= 15 is 0 Å². The molecule has 0 radical (unpaired) electrons. The van der Waals surface area contributed by atoms with Gasteiger partial charge in [0.2, 0.25) is 0 Å². The summed E-state index contributed by atoms with van der Waals surface area (Å²) in [6, 6.07) is 10.6. The highest BCUT2D eigenvalue weighted by molar-refractivity contribution is 7.90. The van der Waals surface area contributed by atoms with Crippen molar-refractivity contribution >= 4 is 9.84 Å². The van der Waals surface area contributed by atoms with Crippen LogP contribution in [0.15, 0.2) is 47.4 Å². The highest BCUT2D eigenvalue weighted by atomic mass is 32.2. The van der Waals surface area contributed by atoms with E-state index in [4.69, 9.17) is 4.74 Å². The van der Waals surface area contributed by atoms with Crippen LogP contribution >= 0.6 is 0 Å². The number of rotatable bonds is 7. The largest absolute Gasteiger partial charge is 0.491 e. The standard InChI is InChI=1S/C22H28FNO4S/c1-22(2)8-9-24(15-22)13-19(25)14-28-20-11-17(10-18(23)12-20)16-4-6-21(7-5-16)29(3,26)27/h4-7,10-12,19,25H,8-9,13-15H2,1-3H3. The van der Waals surface area contributed by atoms with Gasteiger partial charge in [-0.25, -0.2) is 12.8 Å². The molecule has 29 heavy (non-hydrogen) atoms. The summed E-state index contributed by atoms with van der Waals surface area (Å²) >= 11 is 0. The van der Waals surface area contributed by atoms with Gasteiger partial charge in [0, 0.05) is 25.4 Å². The number of sulfone groups is 1. The van der Waals surface area contributed by atoms with Gasteiger partial charge in [0.05, 0.1) is 4.90 Å². The number of benzene rings is 2. The van der Waals surface area contributed by atoms with Gasteiger partial charge in [0.25, 0.3) is 0 Å². The van der Waals surface area contributed by atoms with E-state index in [0.29, 0.717) is 23.4 Å². The molecule has 0 aromatic heterocycles. The molecule has 1 N–H and O–H groups in total. The average molecular weight is 422 g/mol. The SMILES string of the molecule is CC1(C)CCN(CC(O)COc2cc(F)cc(-c3ccc(S(C)(=O)=O)cc3)c2)C1. The van der Waals surface area contributed by atoms with Crippen molar-refractivity contribution in [3.63, 3.8) is 0 Å². The molecule has 158 valence electrons. The second kappa shape index (κ2) is 8.42. The molecule has 5 nitrogen and oxygen atoms in total. The van der Waals surface area contributed by atoms with Gasteiger partial charge in [-0.1, -0.05) is 26.0 Å². The third-order valence-electron chi connectivity index (χ3n) is 5.15. The monoisotopic (exact) mass is 421 g/mol. The molecular weight excluding hydrogens is 393 g/mol. The highest BCUT2D eigenvalue weighted by Crippen LogP contribution is 2.29. The molecule has 2 aromatic carbocycles. The molecule has 3 rings (SSSR count). The number of likely N-dealkylation sites (tertiary alicyclic amines) is 1. The van der Waals surface area contributed by atoms with Crippen LogP contribution < -0.4 is 4.74 Å². The Morgan fingerprint density at radius 2 is 1.86 bits per heavy atom. The first-order valence-electron chi connectivity index (χ1n) is 9.66. The second-order valence-electron chi connectivity index (χ2n) is 8.59. The van der Waals surface area contributed by atoms with E-state index in [1.165, 1.54) is 24.3 Å². The summed E-state index contributed by atoms with van der Waals surface area (Å²) in [7, 11) is -3.28. The van der Waals surface area contributed by atoms with Gasteiger partial charge in [0.15, 0.2) is 9.84 Å². The first kappa shape index (κ1) is 21.7. The summed E-state index contributed by atoms with van der Waals surface area (Å²) in [6.45, 7) is 6.93. The maximum atomic E-state index is 14.1. The third kappa shape index (κ3) is 6.01. The van der Waals surface area contributed by atoms with Crippen molar-refractivity contribution in [2.75, 3.05) is 32.5 Å². The van der Waals surface area contributed by atoms with Crippen molar-refractivity contribution in [3.8, 4) is 16.9 Å². The van der Waals surface area contributed by atoms with E-state index in [1.807, 2.05) is 0 Å². The van der Waals surface area contributed by atoms with Crippen molar-refractivity contribution < 1.29 is 22.7 Å². The van der Waals surface area contributed by atoms with E-state index in [0.717, 1.165) is 25.8 Å². The number of hydrogen-bond acceptors (Lipinski definition) is 5. The van der Waals surface area contributed by atoms with Gasteiger partial charge in [0.1, 0.15) is 24.3 Å². The van der Waals surface area contributed by atoms with Crippen molar-refractivity contribution in [1.82, 2.24) is 4.90 Å². The van der Waals surface area contributed by atoms with Gasteiger partial charge < -0.3 is 14.7 Å². The number of nitrogens with zero attached hydrogens (tertiary/aromatic N) is 1. The van der Waals surface area contributed by atoms with E-state index in [1.54, 1.807) is 18.2 Å². The van der Waals surface area contributed by atoms with E-state index in [-0.39, 0.29) is 16.9 Å². The van der Waals surface area contributed by atoms with Crippen molar-refractivity contribution in [2.24, 2.45) is 5.41 Å². The summed E-state index contributed by atoms with van der Waals surface area (Å²) in [5.41, 5.74) is 1.53. The molecule has 1 unspecified atom stereocenters. The number of aliphatic hydroxyl groups excluding tert-OH is 1. The lowest BCUT2D eigenvalue weighted by Crippen LogP contribution is -2.35. The zero-order valence-electron chi connectivity index (χ0n) is 17.1. The number of aliphatic hydroxyl groups is 1. The van der Waals surface area contributed by atoms with Gasteiger partial charge >= 0.3 is 0 Å². The minimum Gasteiger partial charge on any atom is -0.491 e. The van der Waals surface area contributed by atoms with Crippen LogP contribution in [0.1, 0.15) is 20.3 Å². The number of halogens is 1. The fourth-order valence-electron chi connectivity index (χ4n) is 3.63. The Bertz CT molecular complexity index is 957. The molecule has 0 saturated carbocycles. The maximum absolute atomic E-state index is 14.1. The van der Waals surface area contributed by atoms with Gasteiger partial charge in [-0.3, -0.25) is 0 Å². The van der Waals surface area contributed by atoms with E-state index in [2.05, 4.69) is 18.7 Å². The Kier molecular flexibility index (Phi) is 6.31. The lowest BCUT2D eigenvalue weighted by Gasteiger charge is -2.22. The predicted octanol–water partition coefficient (Wildman–Crippen LogP) is 3.37. The minimum absolute atomic E-state index is 0.0762. The third-order valence-corrected chi connectivity index (χ3v) is 6.28. The topological polar surface area (TPSA) is 66.8 Å². The van der Waals surface area contributed by atoms with E-state index < -0.39 is 21.8 Å². The fourth-order valence-corrected chi connectivity index (χ4v) is 4.26. The first-order valence-corrected chi connectivity index (χ1v) is 11.6. The zero-order chi connectivity index (χ0) is 21.2. The van der Waals surface area contributed by atoms with Crippen LogP contribution in [0, 0.1) is 11.2 Å². The molecule has 1 fully saturated rings. The van der Waals surface area contributed by atoms with Gasteiger partial charge in [-0.2, -0.15) is 0 Å². The Labute approximate surface area is 172 Å². The molecule has 1 aliphatic rings. The zero-order valence-corrected chi connectivity index (χ0v) is 17.9. The average Bonchev–Trinajstić information content (AvgIpc) is 2.97. The summed E-state index contributed by atoms with van der Waals surface area (Å²) in [6.07, 6.45) is 1.58. The van der Waals surface area contributed by atoms with Crippen molar-refractivity contribution in [2.45, 2.75) is 31.3 Å². The number of ether oxygens (including phenoxy) is 1. The lowest BCUT2D eigenvalue weighted by molar-refractivity contribution is 0.0729. The molecule has 1 aliphatic heterocycles. The van der Waals surface area contributed by atoms with Gasteiger partial charge in [-0.05, 0) is 53.8 Å². The quantitative estimate of drug-likeness (QED) is 0.743. The normalized spacial score (nSPS) is 18.0. The first-order chi connectivity index (χ1) is 13.5. The Morgan fingerprint density at radius 3 is 2.45 bits per heavy atom. The van der Waals surface area contributed by atoms with Crippen molar-refractivity contribution in [1.29, 1.82) is 0 Å². The molecule has 0 bridgehead atoms. The van der Waals surface area contributed by atoms with E-state index in [9.17, 15) is 17.9 Å². The molecule has 7 heteroatoms. The fraction of sp³-hybridized carbons (Fsp3) is 0.455. The second-order valence-corrected chi connectivity index (χ2v) is 10.6. The summed E-state index contributed by atoms with van der Waals surface area (Å²) < 4.78 is 42.9.